The normalized spacial score (nSPS) is 16.9. The lowest BCUT2D eigenvalue weighted by Gasteiger charge is -2.28. The van der Waals surface area contributed by atoms with E-state index in [1.165, 1.54) is 0 Å². The number of nitrogens with zero attached hydrogens (tertiary/aromatic N) is 2. The van der Waals surface area contributed by atoms with E-state index in [4.69, 9.17) is 9.98 Å². The van der Waals surface area contributed by atoms with Crippen LogP contribution in [-0.2, 0) is 0 Å². The molecule has 0 radical (unpaired) electrons. The van der Waals surface area contributed by atoms with Crippen LogP contribution in [0.2, 0.25) is 0 Å². The van der Waals surface area contributed by atoms with Crippen LogP contribution >= 0.6 is 0 Å². The highest BCUT2D eigenvalue weighted by atomic mass is 16.3. The first-order valence-corrected chi connectivity index (χ1v) is 12.8. The van der Waals surface area contributed by atoms with Gasteiger partial charge in [0.15, 0.2) is 0 Å². The van der Waals surface area contributed by atoms with Crippen molar-refractivity contribution < 1.29 is 20.4 Å². The van der Waals surface area contributed by atoms with E-state index in [0.717, 1.165) is 25.7 Å². The summed E-state index contributed by atoms with van der Waals surface area (Å²) in [5, 5.41) is 42.7. The first-order valence-electron chi connectivity index (χ1n) is 12.8. The van der Waals surface area contributed by atoms with E-state index in [1.54, 1.807) is 72.8 Å². The van der Waals surface area contributed by atoms with Gasteiger partial charge in [0.25, 0.3) is 0 Å². The van der Waals surface area contributed by atoms with Crippen LogP contribution < -0.4 is 0 Å². The fraction of sp³-hybridized carbons (Fsp3) is 0.188. The molecule has 6 nitrogen and oxygen atoms in total. The van der Waals surface area contributed by atoms with Crippen LogP contribution in [0.1, 0.15) is 47.9 Å². The zero-order valence-corrected chi connectivity index (χ0v) is 20.9. The fourth-order valence-electron chi connectivity index (χ4n) is 4.99. The molecule has 0 bridgehead atoms. The average Bonchev–Trinajstić information content (AvgIpc) is 2.93. The maximum Gasteiger partial charge on any atom is 0.124 e. The summed E-state index contributed by atoms with van der Waals surface area (Å²) in [6.07, 6.45) is 3.48. The van der Waals surface area contributed by atoms with Crippen LogP contribution in [-0.4, -0.2) is 43.9 Å². The Bertz CT molecular complexity index is 1290. The van der Waals surface area contributed by atoms with E-state index in [0.29, 0.717) is 33.7 Å². The Hall–Kier alpha value is -4.58. The highest BCUT2D eigenvalue weighted by Gasteiger charge is 2.28. The number of phenols is 4. The summed E-state index contributed by atoms with van der Waals surface area (Å²) < 4.78 is 0. The lowest BCUT2D eigenvalue weighted by molar-refractivity contribution is 0.388. The molecule has 0 amide bonds. The second-order valence-corrected chi connectivity index (χ2v) is 9.44. The minimum absolute atomic E-state index is 0.0782. The number of rotatable bonds is 6. The minimum Gasteiger partial charge on any atom is -0.507 e. The van der Waals surface area contributed by atoms with Crippen molar-refractivity contribution in [3.05, 3.63) is 119 Å². The number of hydrogen-bond acceptors (Lipinski definition) is 6. The lowest BCUT2D eigenvalue weighted by atomic mass is 9.89. The molecule has 5 rings (SSSR count). The molecule has 4 aromatic carbocycles. The Labute approximate surface area is 221 Å². The Morgan fingerprint density at radius 2 is 0.711 bits per heavy atom. The number of phenolic OH excluding ortho intramolecular Hbond substituents is 4. The molecule has 0 aromatic heterocycles. The Morgan fingerprint density at radius 3 is 0.974 bits per heavy atom. The predicted molar refractivity (Wildman–Crippen MR) is 150 cm³/mol. The van der Waals surface area contributed by atoms with E-state index in [9.17, 15) is 20.4 Å². The second-order valence-electron chi connectivity index (χ2n) is 9.44. The number of hydrogen-bond donors (Lipinski definition) is 4. The Morgan fingerprint density at radius 1 is 0.447 bits per heavy atom. The van der Waals surface area contributed by atoms with Gasteiger partial charge in [-0.1, -0.05) is 61.4 Å². The third-order valence-electron chi connectivity index (χ3n) is 6.92. The van der Waals surface area contributed by atoms with Gasteiger partial charge in [0.05, 0.1) is 23.5 Å². The quantitative estimate of drug-likeness (QED) is 0.234. The molecule has 0 saturated heterocycles. The molecule has 4 N–H and O–H groups in total. The summed E-state index contributed by atoms with van der Waals surface area (Å²) in [5.74, 6) is 0.313. The molecule has 192 valence electrons. The van der Waals surface area contributed by atoms with Crippen molar-refractivity contribution in [1.29, 1.82) is 0 Å². The fourth-order valence-corrected chi connectivity index (χ4v) is 4.99. The third kappa shape index (κ3) is 5.25. The molecule has 0 spiro atoms. The van der Waals surface area contributed by atoms with Crippen molar-refractivity contribution in [3.8, 4) is 23.0 Å². The molecule has 1 aliphatic carbocycles. The standard InChI is InChI=1S/C32H30N2O4/c35-27-17-7-1-11-21(27)31(22-12-2-8-18-28(22)36)33-25-15-5-6-16-26(25)34-32(23-13-3-9-19-29(23)37)24-14-4-10-20-30(24)38/h1-4,7-14,17-20,25-26,35-38H,5-6,15-16H2/t25-,26-/m1/s1. The van der Waals surface area contributed by atoms with Crippen molar-refractivity contribution in [2.45, 2.75) is 37.8 Å². The molecular weight excluding hydrogens is 476 g/mol. The van der Waals surface area contributed by atoms with Gasteiger partial charge < -0.3 is 20.4 Å². The largest absolute Gasteiger partial charge is 0.507 e. The molecule has 1 aliphatic rings. The van der Waals surface area contributed by atoms with Crippen molar-refractivity contribution in [2.24, 2.45) is 9.98 Å². The topological polar surface area (TPSA) is 106 Å². The Balaban J connectivity index is 1.66. The third-order valence-corrected chi connectivity index (χ3v) is 6.92. The predicted octanol–water partition coefficient (Wildman–Crippen LogP) is 6.20. The molecule has 0 aliphatic heterocycles. The molecule has 6 heteroatoms. The van der Waals surface area contributed by atoms with Gasteiger partial charge in [-0.05, 0) is 61.4 Å². The monoisotopic (exact) mass is 506 g/mol. The number of aliphatic imine (C=N–C) groups is 2. The van der Waals surface area contributed by atoms with E-state index in [1.807, 2.05) is 24.3 Å². The summed E-state index contributed by atoms with van der Waals surface area (Å²) in [7, 11) is 0. The smallest absolute Gasteiger partial charge is 0.124 e. The van der Waals surface area contributed by atoms with Crippen LogP contribution in [0.5, 0.6) is 23.0 Å². The van der Waals surface area contributed by atoms with Crippen LogP contribution in [0.15, 0.2) is 107 Å². The summed E-state index contributed by atoms with van der Waals surface area (Å²) in [5.41, 5.74) is 3.13. The molecule has 1 fully saturated rings. The highest BCUT2D eigenvalue weighted by Crippen LogP contribution is 2.32. The van der Waals surface area contributed by atoms with Crippen molar-refractivity contribution in [2.75, 3.05) is 0 Å². The van der Waals surface area contributed by atoms with Gasteiger partial charge in [0, 0.05) is 22.3 Å². The second kappa shape index (κ2) is 11.2. The molecule has 0 heterocycles. The number of benzene rings is 4. The summed E-state index contributed by atoms with van der Waals surface area (Å²) in [6.45, 7) is 0. The SMILES string of the molecule is Oc1ccccc1C(=N[C@@H]1CCCC[C@H]1N=C(c1ccccc1O)c1ccccc1O)c1ccccc1O. The van der Waals surface area contributed by atoms with Gasteiger partial charge in [0.2, 0.25) is 0 Å². The molecule has 0 unspecified atom stereocenters. The van der Waals surface area contributed by atoms with E-state index >= 15 is 0 Å². The maximum atomic E-state index is 10.7. The van der Waals surface area contributed by atoms with Gasteiger partial charge in [-0.3, -0.25) is 9.98 Å². The zero-order valence-electron chi connectivity index (χ0n) is 20.9. The van der Waals surface area contributed by atoms with Crippen LogP contribution in [0.3, 0.4) is 0 Å². The first kappa shape index (κ1) is 25.1. The molecule has 4 aromatic rings. The summed E-state index contributed by atoms with van der Waals surface area (Å²) >= 11 is 0. The first-order chi connectivity index (χ1) is 18.5. The van der Waals surface area contributed by atoms with E-state index in [2.05, 4.69) is 0 Å². The molecule has 38 heavy (non-hydrogen) atoms. The molecule has 2 atom stereocenters. The number of aromatic hydroxyl groups is 4. The average molecular weight is 507 g/mol. The van der Waals surface area contributed by atoms with Crippen molar-refractivity contribution in [1.82, 2.24) is 0 Å². The molecular formula is C32H30N2O4. The lowest BCUT2D eigenvalue weighted by Crippen LogP contribution is -2.30. The highest BCUT2D eigenvalue weighted by molar-refractivity contribution is 6.17. The van der Waals surface area contributed by atoms with E-state index in [-0.39, 0.29) is 35.1 Å². The number of para-hydroxylation sites is 4. The van der Waals surface area contributed by atoms with E-state index < -0.39 is 0 Å². The van der Waals surface area contributed by atoms with Crippen molar-refractivity contribution >= 4 is 11.4 Å². The molecule has 1 saturated carbocycles. The minimum atomic E-state index is -0.246. The van der Waals surface area contributed by atoms with Gasteiger partial charge >= 0.3 is 0 Å². The van der Waals surface area contributed by atoms with Gasteiger partial charge in [-0.2, -0.15) is 0 Å². The van der Waals surface area contributed by atoms with Gasteiger partial charge in [0.1, 0.15) is 23.0 Å². The zero-order chi connectivity index (χ0) is 26.5. The Kier molecular flexibility index (Phi) is 7.40. The summed E-state index contributed by atoms with van der Waals surface area (Å²) in [6, 6.07) is 27.4. The maximum absolute atomic E-state index is 10.7. The van der Waals surface area contributed by atoms with Gasteiger partial charge in [-0.25, -0.2) is 0 Å². The van der Waals surface area contributed by atoms with Crippen molar-refractivity contribution in [3.63, 3.8) is 0 Å². The summed E-state index contributed by atoms with van der Waals surface area (Å²) in [4.78, 5) is 10.3. The van der Waals surface area contributed by atoms with Crippen LogP contribution in [0.4, 0.5) is 0 Å². The van der Waals surface area contributed by atoms with Crippen LogP contribution in [0.25, 0.3) is 0 Å². The van der Waals surface area contributed by atoms with Crippen LogP contribution in [0, 0.1) is 0 Å². The van der Waals surface area contributed by atoms with Gasteiger partial charge in [-0.15, -0.1) is 0 Å².